The molecular weight excluding hydrogens is 401 g/mol. The fourth-order valence-electron chi connectivity index (χ4n) is 3.03. The van der Waals surface area contributed by atoms with Gasteiger partial charge in [-0.1, -0.05) is 23.2 Å². The van der Waals surface area contributed by atoms with Gasteiger partial charge in [0.1, 0.15) is 11.9 Å². The van der Waals surface area contributed by atoms with E-state index in [4.69, 9.17) is 27.9 Å². The van der Waals surface area contributed by atoms with Gasteiger partial charge in [-0.25, -0.2) is 4.98 Å². The first kappa shape index (κ1) is 20.3. The van der Waals surface area contributed by atoms with Crippen molar-refractivity contribution in [2.45, 2.75) is 13.0 Å². The molecule has 2 amide bonds. The first-order chi connectivity index (χ1) is 13.5. The second-order valence-electron chi connectivity index (χ2n) is 6.32. The van der Waals surface area contributed by atoms with Gasteiger partial charge in [-0.15, -0.1) is 0 Å². The topological polar surface area (TPSA) is 71.5 Å². The van der Waals surface area contributed by atoms with Crippen LogP contribution in [0.4, 0.5) is 5.82 Å². The van der Waals surface area contributed by atoms with Crippen molar-refractivity contribution in [1.82, 2.24) is 9.88 Å². The predicted octanol–water partition coefficient (Wildman–Crippen LogP) is 4.01. The summed E-state index contributed by atoms with van der Waals surface area (Å²) in [5, 5.41) is 3.22. The number of benzene rings is 1. The average molecular weight is 420 g/mol. The molecule has 1 atom stereocenters. The molecule has 0 bridgehead atoms. The number of pyridine rings is 1. The highest BCUT2D eigenvalue weighted by atomic mass is 35.5. The molecule has 0 saturated carbocycles. The normalized spacial score (nSPS) is 17.0. The van der Waals surface area contributed by atoms with Crippen molar-refractivity contribution in [2.75, 3.05) is 25.0 Å². The molecule has 0 unspecified atom stereocenters. The van der Waals surface area contributed by atoms with Crippen LogP contribution < -0.4 is 5.32 Å². The number of hydrogen-bond acceptors (Lipinski definition) is 4. The lowest BCUT2D eigenvalue weighted by molar-refractivity contribution is -0.133. The van der Waals surface area contributed by atoms with Gasteiger partial charge in [0.05, 0.1) is 13.2 Å². The Hall–Kier alpha value is -2.41. The number of nitrogens with zero attached hydrogens (tertiary/aromatic N) is 2. The summed E-state index contributed by atoms with van der Waals surface area (Å²) in [6.07, 6.45) is 2.65. The van der Waals surface area contributed by atoms with Gasteiger partial charge in [0.25, 0.3) is 0 Å². The van der Waals surface area contributed by atoms with Gasteiger partial charge in [0.2, 0.25) is 11.8 Å². The van der Waals surface area contributed by atoms with Crippen molar-refractivity contribution in [1.29, 1.82) is 0 Å². The Kier molecular flexibility index (Phi) is 6.67. The number of carbonyl (C=O) groups is 2. The molecule has 1 saturated heterocycles. The largest absolute Gasteiger partial charge is 0.370 e. The zero-order chi connectivity index (χ0) is 20.1. The van der Waals surface area contributed by atoms with Crippen molar-refractivity contribution < 1.29 is 14.3 Å². The van der Waals surface area contributed by atoms with Gasteiger partial charge in [0.15, 0.2) is 0 Å². The van der Waals surface area contributed by atoms with Crippen LogP contribution in [0.5, 0.6) is 0 Å². The molecular formula is C20H19Cl2N3O3. The van der Waals surface area contributed by atoms with E-state index in [0.29, 0.717) is 30.5 Å². The van der Waals surface area contributed by atoms with Crippen LogP contribution >= 0.6 is 23.2 Å². The van der Waals surface area contributed by atoms with Gasteiger partial charge >= 0.3 is 0 Å². The van der Waals surface area contributed by atoms with E-state index >= 15 is 0 Å². The van der Waals surface area contributed by atoms with Crippen molar-refractivity contribution >= 4 is 40.8 Å². The van der Waals surface area contributed by atoms with Crippen LogP contribution in [-0.2, 0) is 14.3 Å². The van der Waals surface area contributed by atoms with E-state index in [1.165, 1.54) is 18.5 Å². The Balaban J connectivity index is 1.87. The highest BCUT2D eigenvalue weighted by Gasteiger charge is 2.25. The molecule has 0 radical (unpaired) electrons. The van der Waals surface area contributed by atoms with Gasteiger partial charge in [-0.05, 0) is 47.0 Å². The lowest BCUT2D eigenvalue weighted by Crippen LogP contribution is -2.41. The van der Waals surface area contributed by atoms with Crippen LogP contribution in [0.15, 0.2) is 48.1 Å². The third kappa shape index (κ3) is 5.10. The van der Waals surface area contributed by atoms with E-state index in [0.717, 1.165) is 16.7 Å². The van der Waals surface area contributed by atoms with E-state index in [9.17, 15) is 9.59 Å². The predicted molar refractivity (Wildman–Crippen MR) is 109 cm³/mol. The molecule has 1 aromatic carbocycles. The van der Waals surface area contributed by atoms with Crippen LogP contribution in [0.1, 0.15) is 18.6 Å². The number of aromatic nitrogens is 1. The van der Waals surface area contributed by atoms with Crippen molar-refractivity contribution in [3.63, 3.8) is 0 Å². The van der Waals surface area contributed by atoms with E-state index in [2.05, 4.69) is 10.3 Å². The highest BCUT2D eigenvalue weighted by molar-refractivity contribution is 6.31. The molecule has 1 fully saturated rings. The number of ether oxygens (including phenoxy) is 1. The number of anilines is 1. The zero-order valence-corrected chi connectivity index (χ0v) is 16.7. The molecule has 6 nitrogen and oxygen atoms in total. The third-order valence-electron chi connectivity index (χ3n) is 4.27. The molecule has 1 aromatic heterocycles. The van der Waals surface area contributed by atoms with Crippen LogP contribution in [0.3, 0.4) is 0 Å². The fourth-order valence-corrected chi connectivity index (χ4v) is 3.39. The zero-order valence-electron chi connectivity index (χ0n) is 15.2. The molecule has 2 aromatic rings. The number of carbonyl (C=O) groups excluding carboxylic acids is 2. The number of amides is 2. The smallest absolute Gasteiger partial charge is 0.247 e. The maximum atomic E-state index is 12.1. The summed E-state index contributed by atoms with van der Waals surface area (Å²) in [5.74, 6) is 0.118. The maximum absolute atomic E-state index is 12.1. The van der Waals surface area contributed by atoms with E-state index < -0.39 is 0 Å². The Bertz CT molecular complexity index is 917. The second-order valence-corrected chi connectivity index (χ2v) is 7.01. The maximum Gasteiger partial charge on any atom is 0.247 e. The van der Waals surface area contributed by atoms with Gasteiger partial charge in [-0.2, -0.15) is 0 Å². The molecule has 0 aliphatic carbocycles. The highest BCUT2D eigenvalue weighted by Crippen LogP contribution is 2.31. The molecule has 1 aliphatic heterocycles. The Labute approximate surface area is 173 Å². The van der Waals surface area contributed by atoms with E-state index in [1.807, 2.05) is 24.3 Å². The van der Waals surface area contributed by atoms with Gasteiger partial charge < -0.3 is 15.0 Å². The minimum atomic E-state index is -0.296. The molecule has 146 valence electrons. The van der Waals surface area contributed by atoms with E-state index in [1.54, 1.807) is 17.2 Å². The molecule has 3 rings (SSSR count). The molecule has 28 heavy (non-hydrogen) atoms. The Morgan fingerprint density at radius 3 is 2.86 bits per heavy atom. The second kappa shape index (κ2) is 9.19. The lowest BCUT2D eigenvalue weighted by atomic mass is 10.00. The fraction of sp³-hybridized carbons (Fsp3) is 0.250. The van der Waals surface area contributed by atoms with E-state index in [-0.39, 0.29) is 17.9 Å². The first-order valence-electron chi connectivity index (χ1n) is 8.68. The van der Waals surface area contributed by atoms with Gasteiger partial charge in [-0.3, -0.25) is 9.59 Å². The summed E-state index contributed by atoms with van der Waals surface area (Å²) < 4.78 is 5.87. The number of halogens is 2. The summed E-state index contributed by atoms with van der Waals surface area (Å²) in [6, 6.07) is 9.25. The number of hydrogen-bond donors (Lipinski definition) is 1. The van der Waals surface area contributed by atoms with Gasteiger partial charge in [0, 0.05) is 36.3 Å². The monoisotopic (exact) mass is 419 g/mol. The molecule has 1 N–H and O–H groups in total. The minimum absolute atomic E-state index is 0.153. The summed E-state index contributed by atoms with van der Waals surface area (Å²) in [7, 11) is 0. The number of rotatable bonds is 4. The van der Waals surface area contributed by atoms with Crippen molar-refractivity contribution in [2.24, 2.45) is 0 Å². The average Bonchev–Trinajstić information content (AvgIpc) is 2.67. The lowest BCUT2D eigenvalue weighted by Gasteiger charge is -2.32. The SMILES string of the molecule is CC(=O)Nc1cc(-c2cc(Cl)cc([C@H]3CN(C(=O)/C=C\Cl)CCO3)c2)ccn1. The molecule has 1 aliphatic rings. The van der Waals surface area contributed by atoms with Crippen molar-refractivity contribution in [3.05, 3.63) is 58.7 Å². The van der Waals surface area contributed by atoms with Crippen LogP contribution in [0.25, 0.3) is 11.1 Å². The summed E-state index contributed by atoms with van der Waals surface area (Å²) in [4.78, 5) is 29.2. The quantitative estimate of drug-likeness (QED) is 0.759. The number of morpholine rings is 1. The summed E-state index contributed by atoms with van der Waals surface area (Å²) >= 11 is 11.9. The molecule has 8 heteroatoms. The minimum Gasteiger partial charge on any atom is -0.370 e. The molecule has 2 heterocycles. The number of nitrogens with one attached hydrogen (secondary N) is 1. The Morgan fingerprint density at radius 2 is 2.11 bits per heavy atom. The van der Waals surface area contributed by atoms with Crippen LogP contribution in [0, 0.1) is 0 Å². The summed E-state index contributed by atoms with van der Waals surface area (Å²) in [5.41, 5.74) is 3.80. The van der Waals surface area contributed by atoms with Crippen LogP contribution in [-0.4, -0.2) is 41.4 Å². The first-order valence-corrected chi connectivity index (χ1v) is 9.49. The third-order valence-corrected chi connectivity index (χ3v) is 4.62. The molecule has 0 spiro atoms. The van der Waals surface area contributed by atoms with Crippen LogP contribution in [0.2, 0.25) is 5.02 Å². The standard InChI is InChI=1S/C20H19Cl2N3O3/c1-13(26)24-19-11-14(3-5-23-19)15-8-16(10-17(22)9-15)18-12-25(6-7-28-18)20(27)2-4-21/h2-5,8-11,18H,6-7,12H2,1H3,(H,23,24,26)/b4-2-/t18-/m1/s1. The summed E-state index contributed by atoms with van der Waals surface area (Å²) in [6.45, 7) is 2.77. The van der Waals surface area contributed by atoms with Crippen molar-refractivity contribution in [3.8, 4) is 11.1 Å². The Morgan fingerprint density at radius 1 is 1.29 bits per heavy atom.